The fourth-order valence-corrected chi connectivity index (χ4v) is 4.05. The normalized spacial score (nSPS) is 21.9. The molecule has 1 spiro atoms. The molecule has 2 aliphatic heterocycles. The first-order valence-electron chi connectivity index (χ1n) is 8.99. The molecule has 2 aliphatic rings. The van der Waals surface area contributed by atoms with Gasteiger partial charge in [0.1, 0.15) is 11.6 Å². The molecular weight excluding hydrogens is 347 g/mol. The summed E-state index contributed by atoms with van der Waals surface area (Å²) in [6.45, 7) is 1.75. The van der Waals surface area contributed by atoms with Crippen LogP contribution in [0.15, 0.2) is 48.5 Å². The van der Waals surface area contributed by atoms with Crippen LogP contribution >= 0.6 is 0 Å². The van der Waals surface area contributed by atoms with Crippen molar-refractivity contribution in [3.63, 3.8) is 0 Å². The Morgan fingerprint density at radius 3 is 2.44 bits per heavy atom. The molecule has 6 heteroatoms. The van der Waals surface area contributed by atoms with Crippen LogP contribution in [0.4, 0.5) is 10.1 Å². The maximum Gasteiger partial charge on any atom is 0.253 e. The van der Waals surface area contributed by atoms with Crippen LogP contribution in [0.1, 0.15) is 23.2 Å². The molecule has 140 valence electrons. The summed E-state index contributed by atoms with van der Waals surface area (Å²) in [5.74, 6) is 0.389. The van der Waals surface area contributed by atoms with E-state index in [-0.39, 0.29) is 23.0 Å². The fourth-order valence-electron chi connectivity index (χ4n) is 4.05. The summed E-state index contributed by atoms with van der Waals surface area (Å²) in [5, 5.41) is 0. The summed E-state index contributed by atoms with van der Waals surface area (Å²) in [7, 11) is 1.59. The number of rotatable bonds is 3. The molecule has 2 aromatic rings. The molecule has 27 heavy (non-hydrogen) atoms. The van der Waals surface area contributed by atoms with Gasteiger partial charge in [-0.3, -0.25) is 9.59 Å². The minimum atomic E-state index is -0.322. The first kappa shape index (κ1) is 17.5. The lowest BCUT2D eigenvalue weighted by molar-refractivity contribution is -0.117. The first-order chi connectivity index (χ1) is 13.0. The second-order valence-electron chi connectivity index (χ2n) is 7.34. The summed E-state index contributed by atoms with van der Waals surface area (Å²) in [6, 6.07) is 13.0. The van der Waals surface area contributed by atoms with Gasteiger partial charge in [0.25, 0.3) is 5.91 Å². The van der Waals surface area contributed by atoms with Crippen molar-refractivity contribution >= 4 is 17.5 Å². The summed E-state index contributed by atoms with van der Waals surface area (Å²) in [5.41, 5.74) is 1.10. The number of ether oxygens (including phenoxy) is 1. The lowest BCUT2D eigenvalue weighted by atomic mass is 9.86. The third-order valence-electron chi connectivity index (χ3n) is 5.52. The molecule has 2 saturated heterocycles. The van der Waals surface area contributed by atoms with Crippen molar-refractivity contribution in [2.45, 2.75) is 12.8 Å². The van der Waals surface area contributed by atoms with Gasteiger partial charge in [0.05, 0.1) is 7.11 Å². The van der Waals surface area contributed by atoms with E-state index in [1.807, 2.05) is 4.90 Å². The third-order valence-corrected chi connectivity index (χ3v) is 5.52. The molecule has 2 aromatic carbocycles. The number of methoxy groups -OCH3 is 1. The molecule has 0 bridgehead atoms. The Morgan fingerprint density at radius 1 is 1.07 bits per heavy atom. The van der Waals surface area contributed by atoms with Crippen molar-refractivity contribution in [3.8, 4) is 5.75 Å². The number of halogens is 1. The molecule has 2 amide bonds. The third kappa shape index (κ3) is 3.27. The second-order valence-corrected chi connectivity index (χ2v) is 7.34. The van der Waals surface area contributed by atoms with Crippen LogP contribution in [0, 0.1) is 11.2 Å². The number of hydrogen-bond acceptors (Lipinski definition) is 3. The van der Waals surface area contributed by atoms with E-state index >= 15 is 0 Å². The summed E-state index contributed by atoms with van der Waals surface area (Å²) < 4.78 is 18.3. The van der Waals surface area contributed by atoms with E-state index in [1.54, 1.807) is 48.4 Å². The van der Waals surface area contributed by atoms with Crippen molar-refractivity contribution in [1.29, 1.82) is 0 Å². The zero-order chi connectivity index (χ0) is 19.0. The molecule has 0 aromatic heterocycles. The molecule has 0 saturated carbocycles. The van der Waals surface area contributed by atoms with Gasteiger partial charge < -0.3 is 14.5 Å². The van der Waals surface area contributed by atoms with Crippen LogP contribution in [0.3, 0.4) is 0 Å². The minimum absolute atomic E-state index is 0.0257. The average Bonchev–Trinajstić information content (AvgIpc) is 3.25. The van der Waals surface area contributed by atoms with Gasteiger partial charge in [-0.05, 0) is 55.0 Å². The van der Waals surface area contributed by atoms with E-state index in [0.717, 1.165) is 6.42 Å². The standard InChI is InChI=1S/C21H21FN2O3/c1-27-18-8-2-15(3-9-18)20(26)23-11-10-21(13-23)12-19(25)24(14-21)17-6-4-16(22)5-7-17/h2-9H,10-14H2,1H3. The molecule has 1 unspecified atom stereocenters. The first-order valence-corrected chi connectivity index (χ1v) is 8.99. The number of amides is 2. The van der Waals surface area contributed by atoms with E-state index in [4.69, 9.17) is 4.74 Å². The number of carbonyl (C=O) groups excluding carboxylic acids is 2. The summed E-state index contributed by atoms with van der Waals surface area (Å²) >= 11 is 0. The Morgan fingerprint density at radius 2 is 1.78 bits per heavy atom. The van der Waals surface area contributed by atoms with Crippen LogP contribution in [0.2, 0.25) is 0 Å². The number of benzene rings is 2. The van der Waals surface area contributed by atoms with Crippen LogP contribution in [-0.2, 0) is 4.79 Å². The van der Waals surface area contributed by atoms with Crippen LogP contribution < -0.4 is 9.64 Å². The van der Waals surface area contributed by atoms with Gasteiger partial charge in [-0.2, -0.15) is 0 Å². The topological polar surface area (TPSA) is 49.9 Å². The highest BCUT2D eigenvalue weighted by Crippen LogP contribution is 2.42. The number of hydrogen-bond donors (Lipinski definition) is 0. The van der Waals surface area contributed by atoms with Crippen molar-refractivity contribution in [3.05, 3.63) is 59.9 Å². The van der Waals surface area contributed by atoms with Crippen molar-refractivity contribution in [2.24, 2.45) is 5.41 Å². The van der Waals surface area contributed by atoms with E-state index in [0.29, 0.717) is 43.1 Å². The van der Waals surface area contributed by atoms with Gasteiger partial charge in [0, 0.05) is 42.7 Å². The van der Waals surface area contributed by atoms with Gasteiger partial charge in [0.15, 0.2) is 0 Å². The van der Waals surface area contributed by atoms with Crippen molar-refractivity contribution < 1.29 is 18.7 Å². The molecule has 0 aliphatic carbocycles. The predicted molar refractivity (Wildman–Crippen MR) is 99.3 cm³/mol. The maximum atomic E-state index is 13.2. The lowest BCUT2D eigenvalue weighted by Gasteiger charge is -2.24. The number of carbonyl (C=O) groups is 2. The minimum Gasteiger partial charge on any atom is -0.497 e. The molecule has 5 nitrogen and oxygen atoms in total. The van der Waals surface area contributed by atoms with E-state index < -0.39 is 0 Å². The molecule has 2 fully saturated rings. The monoisotopic (exact) mass is 368 g/mol. The Balaban J connectivity index is 1.47. The highest BCUT2D eigenvalue weighted by atomic mass is 19.1. The van der Waals surface area contributed by atoms with Crippen molar-refractivity contribution in [2.75, 3.05) is 31.6 Å². The second kappa shape index (κ2) is 6.68. The molecule has 2 heterocycles. The quantitative estimate of drug-likeness (QED) is 0.837. The zero-order valence-electron chi connectivity index (χ0n) is 15.2. The maximum absolute atomic E-state index is 13.2. The number of likely N-dealkylation sites (tertiary alicyclic amines) is 1. The summed E-state index contributed by atoms with van der Waals surface area (Å²) in [6.07, 6.45) is 1.20. The molecular formula is C21H21FN2O3. The zero-order valence-corrected chi connectivity index (χ0v) is 15.2. The average molecular weight is 368 g/mol. The number of anilines is 1. The van der Waals surface area contributed by atoms with Crippen LogP contribution in [0.25, 0.3) is 0 Å². The molecule has 4 rings (SSSR count). The Kier molecular flexibility index (Phi) is 4.34. The van der Waals surface area contributed by atoms with Gasteiger partial charge in [0.2, 0.25) is 5.91 Å². The predicted octanol–water partition coefficient (Wildman–Crippen LogP) is 3.10. The highest BCUT2D eigenvalue weighted by Gasteiger charge is 2.48. The largest absolute Gasteiger partial charge is 0.497 e. The Labute approximate surface area is 157 Å². The highest BCUT2D eigenvalue weighted by molar-refractivity contribution is 5.97. The molecule has 1 atom stereocenters. The SMILES string of the molecule is COc1ccc(C(=O)N2CCC3(CC(=O)N(c4ccc(F)cc4)C3)C2)cc1. The summed E-state index contributed by atoms with van der Waals surface area (Å²) in [4.78, 5) is 28.9. The van der Waals surface area contributed by atoms with Crippen LogP contribution in [0.5, 0.6) is 5.75 Å². The van der Waals surface area contributed by atoms with Gasteiger partial charge in [-0.25, -0.2) is 4.39 Å². The molecule has 0 N–H and O–H groups in total. The lowest BCUT2D eigenvalue weighted by Crippen LogP contribution is -2.34. The van der Waals surface area contributed by atoms with Crippen LogP contribution in [-0.4, -0.2) is 43.5 Å². The van der Waals surface area contributed by atoms with Gasteiger partial charge in [-0.1, -0.05) is 0 Å². The Hall–Kier alpha value is -2.89. The van der Waals surface area contributed by atoms with E-state index in [1.165, 1.54) is 12.1 Å². The number of nitrogens with zero attached hydrogens (tertiary/aromatic N) is 2. The van der Waals surface area contributed by atoms with Crippen molar-refractivity contribution in [1.82, 2.24) is 4.90 Å². The smallest absolute Gasteiger partial charge is 0.253 e. The fraction of sp³-hybridized carbons (Fsp3) is 0.333. The van der Waals surface area contributed by atoms with E-state index in [9.17, 15) is 14.0 Å². The molecule has 0 radical (unpaired) electrons. The van der Waals surface area contributed by atoms with Gasteiger partial charge >= 0.3 is 0 Å². The Bertz CT molecular complexity index is 866. The van der Waals surface area contributed by atoms with Gasteiger partial charge in [-0.15, -0.1) is 0 Å². The van der Waals surface area contributed by atoms with E-state index in [2.05, 4.69) is 0 Å².